The maximum atomic E-state index is 2.29. The average Bonchev–Trinajstić information content (AvgIpc) is 2.82. The molecule has 0 aromatic carbocycles. The number of hydrogen-bond acceptors (Lipinski definition) is 0. The van der Waals surface area contributed by atoms with E-state index in [9.17, 15) is 0 Å². The smallest absolute Gasteiger partial charge is 0.168 e. The first-order valence-corrected chi connectivity index (χ1v) is 15.2. The summed E-state index contributed by atoms with van der Waals surface area (Å²) in [7, 11) is 6.86. The van der Waals surface area contributed by atoms with Gasteiger partial charge in [-0.15, -0.1) is 0 Å². The van der Waals surface area contributed by atoms with Gasteiger partial charge in [-0.3, -0.25) is 0 Å². The summed E-state index contributed by atoms with van der Waals surface area (Å²) < 4.78 is 3.40. The molecule has 1 rings (SSSR count). The normalized spacial score (nSPS) is 10.7. The Morgan fingerprint density at radius 3 is 1.14 bits per heavy atom. The molecule has 0 aliphatic rings. The van der Waals surface area contributed by atoms with Gasteiger partial charge in [0.25, 0.3) is 0 Å². The molecule has 0 spiro atoms. The number of quaternary nitrogens is 1. The van der Waals surface area contributed by atoms with Crippen LogP contribution in [0, 0.1) is 0 Å². The van der Waals surface area contributed by atoms with Gasteiger partial charge in [0.2, 0.25) is 0 Å². The van der Waals surface area contributed by atoms with Gasteiger partial charge >= 0.3 is 0 Å². The van der Waals surface area contributed by atoms with Crippen molar-refractivity contribution in [1.29, 1.82) is 0 Å². The van der Waals surface area contributed by atoms with E-state index in [2.05, 4.69) is 70.2 Å². The van der Waals surface area contributed by atoms with Gasteiger partial charge in [0, 0.05) is 18.6 Å². The van der Waals surface area contributed by atoms with Crippen LogP contribution in [0.3, 0.4) is 0 Å². The number of halogens is 2. The van der Waals surface area contributed by atoms with Crippen LogP contribution >= 0.6 is 0 Å². The fourth-order valence-corrected chi connectivity index (χ4v) is 4.44. The van der Waals surface area contributed by atoms with Crippen LogP contribution in [0.2, 0.25) is 0 Å². The zero-order valence-corrected chi connectivity index (χ0v) is 26.6. The summed E-state index contributed by atoms with van der Waals surface area (Å²) in [5, 5.41) is 0. The van der Waals surface area contributed by atoms with Crippen molar-refractivity contribution in [1.82, 2.24) is 0 Å². The molecule has 0 aliphatic carbocycles. The predicted molar refractivity (Wildman–Crippen MR) is 153 cm³/mol. The van der Waals surface area contributed by atoms with Gasteiger partial charge in [-0.05, 0) is 19.3 Å². The molecule has 36 heavy (non-hydrogen) atoms. The van der Waals surface area contributed by atoms with Gasteiger partial charge < -0.3 is 29.3 Å². The molecule has 0 N–H and O–H groups in total. The van der Waals surface area contributed by atoms with Gasteiger partial charge in [-0.2, -0.15) is 0 Å². The molecule has 0 saturated heterocycles. The van der Waals surface area contributed by atoms with Crippen molar-refractivity contribution in [3.63, 3.8) is 0 Å². The molecule has 1 aromatic heterocycles. The van der Waals surface area contributed by atoms with Crippen LogP contribution in [0.15, 0.2) is 30.6 Å². The van der Waals surface area contributed by atoms with Crippen LogP contribution in [-0.4, -0.2) is 32.2 Å². The summed E-state index contributed by atoms with van der Waals surface area (Å²) in [4.78, 5) is 0. The van der Waals surface area contributed by atoms with E-state index in [4.69, 9.17) is 0 Å². The number of rotatable bonds is 22. The highest BCUT2D eigenvalue weighted by molar-refractivity contribution is 4.83. The molecule has 0 atom stereocenters. The molecule has 0 amide bonds. The maximum Gasteiger partial charge on any atom is 0.168 e. The standard InChI is InChI=1S/C17H30N.C15H34N.2ClH/c1-2-3-4-5-6-7-8-9-10-12-15-18-16-13-11-14-17-18;1-5-6-7-8-9-10-11-12-13-14-15-16(2,3)4;;/h11,13-14,16-17H,2-10,12,15H2,1H3;5-15H2,1-4H3;2*1H/q2*+1;;/p-2. The third-order valence-corrected chi connectivity index (χ3v) is 6.73. The van der Waals surface area contributed by atoms with Crippen molar-refractivity contribution in [2.75, 3.05) is 27.7 Å². The molecule has 0 unspecified atom stereocenters. The second-order valence-corrected chi connectivity index (χ2v) is 11.5. The first-order chi connectivity index (χ1) is 16.5. The second kappa shape index (κ2) is 30.9. The SMILES string of the molecule is CCCCCCCCCCCC[N+](C)(C)C.CCCCCCCCCCCC[n+]1ccccc1.[Cl-].[Cl-]. The lowest BCUT2D eigenvalue weighted by Crippen LogP contribution is -3.00. The van der Waals surface area contributed by atoms with Crippen molar-refractivity contribution in [3.8, 4) is 0 Å². The lowest BCUT2D eigenvalue weighted by atomic mass is 10.1. The van der Waals surface area contributed by atoms with Gasteiger partial charge in [-0.25, -0.2) is 4.57 Å². The molecule has 0 fully saturated rings. The van der Waals surface area contributed by atoms with Gasteiger partial charge in [0.1, 0.15) is 6.54 Å². The average molecular weight is 548 g/mol. The highest BCUT2D eigenvalue weighted by atomic mass is 35.5. The monoisotopic (exact) mass is 546 g/mol. The quantitative estimate of drug-likeness (QED) is 0.119. The Bertz CT molecular complexity index is 503. The van der Waals surface area contributed by atoms with E-state index in [1.165, 1.54) is 142 Å². The zero-order chi connectivity index (χ0) is 25.2. The minimum absolute atomic E-state index is 0. The van der Waals surface area contributed by atoms with Gasteiger partial charge in [0.05, 0.1) is 27.7 Å². The van der Waals surface area contributed by atoms with Crippen molar-refractivity contribution >= 4 is 0 Å². The van der Waals surface area contributed by atoms with Gasteiger partial charge in [0.15, 0.2) is 12.4 Å². The van der Waals surface area contributed by atoms with Crippen molar-refractivity contribution < 1.29 is 33.9 Å². The molecule has 0 aliphatic heterocycles. The van der Waals surface area contributed by atoms with E-state index in [0.717, 1.165) is 4.48 Å². The third kappa shape index (κ3) is 33.7. The fourth-order valence-electron chi connectivity index (χ4n) is 4.44. The molecule has 4 heteroatoms. The van der Waals surface area contributed by atoms with Crippen LogP contribution in [0.1, 0.15) is 142 Å². The van der Waals surface area contributed by atoms with E-state index in [-0.39, 0.29) is 24.8 Å². The minimum Gasteiger partial charge on any atom is -1.00 e. The van der Waals surface area contributed by atoms with Crippen LogP contribution < -0.4 is 29.4 Å². The lowest BCUT2D eigenvalue weighted by Gasteiger charge is -2.23. The molecule has 0 bridgehead atoms. The summed E-state index contributed by atoms with van der Waals surface area (Å²) in [6, 6.07) is 6.29. The van der Waals surface area contributed by atoms with E-state index in [1.807, 2.05) is 0 Å². The Kier molecular flexibility index (Phi) is 34.5. The summed E-state index contributed by atoms with van der Waals surface area (Å²) in [6.07, 6.45) is 32.9. The number of aryl methyl sites for hydroxylation is 1. The lowest BCUT2D eigenvalue weighted by molar-refractivity contribution is -0.870. The molecule has 2 nitrogen and oxygen atoms in total. The predicted octanol–water partition coefficient (Wildman–Crippen LogP) is 3.52. The topological polar surface area (TPSA) is 3.88 Å². The van der Waals surface area contributed by atoms with E-state index in [0.29, 0.717) is 0 Å². The first kappa shape index (κ1) is 40.2. The molecule has 1 heterocycles. The van der Waals surface area contributed by atoms with Crippen molar-refractivity contribution in [2.45, 2.75) is 149 Å². The largest absolute Gasteiger partial charge is 1.00 e. The van der Waals surface area contributed by atoms with E-state index in [1.54, 1.807) is 0 Å². The first-order valence-electron chi connectivity index (χ1n) is 15.2. The number of pyridine rings is 1. The van der Waals surface area contributed by atoms with Crippen molar-refractivity contribution in [3.05, 3.63) is 30.6 Å². The van der Waals surface area contributed by atoms with E-state index >= 15 is 0 Å². The minimum atomic E-state index is 0. The Morgan fingerprint density at radius 1 is 0.444 bits per heavy atom. The van der Waals surface area contributed by atoms with Crippen LogP contribution in [0.5, 0.6) is 0 Å². The number of nitrogens with zero attached hydrogens (tertiary/aromatic N) is 2. The summed E-state index contributed by atoms with van der Waals surface area (Å²) in [6.45, 7) is 7.08. The highest BCUT2D eigenvalue weighted by Gasteiger charge is 2.05. The van der Waals surface area contributed by atoms with Crippen LogP contribution in [0.4, 0.5) is 0 Å². The molecule has 0 saturated carbocycles. The van der Waals surface area contributed by atoms with Crippen LogP contribution in [-0.2, 0) is 6.54 Å². The molecular weight excluding hydrogens is 483 g/mol. The van der Waals surface area contributed by atoms with E-state index < -0.39 is 0 Å². The number of unbranched alkanes of at least 4 members (excludes halogenated alkanes) is 18. The summed E-state index contributed by atoms with van der Waals surface area (Å²) >= 11 is 0. The summed E-state index contributed by atoms with van der Waals surface area (Å²) in [5.41, 5.74) is 0. The van der Waals surface area contributed by atoms with Gasteiger partial charge in [-0.1, -0.05) is 123 Å². The fraction of sp³-hybridized carbons (Fsp3) is 0.844. The molecule has 1 aromatic rings. The molecular formula is C32H64Cl2N2. The molecule has 0 radical (unpaired) electrons. The highest BCUT2D eigenvalue weighted by Crippen LogP contribution is 2.11. The Hall–Kier alpha value is -0.310. The van der Waals surface area contributed by atoms with Crippen LogP contribution in [0.25, 0.3) is 0 Å². The Labute approximate surface area is 240 Å². The Balaban J connectivity index is -0.000000577. The maximum absolute atomic E-state index is 2.29. The van der Waals surface area contributed by atoms with Crippen molar-refractivity contribution in [2.24, 2.45) is 0 Å². The molecule has 216 valence electrons. The number of aromatic nitrogens is 1. The second-order valence-electron chi connectivity index (χ2n) is 11.5. The number of hydrogen-bond donors (Lipinski definition) is 0. The summed E-state index contributed by atoms with van der Waals surface area (Å²) in [5.74, 6) is 0. The zero-order valence-electron chi connectivity index (χ0n) is 25.1. The third-order valence-electron chi connectivity index (χ3n) is 6.73. The Morgan fingerprint density at radius 2 is 0.778 bits per heavy atom.